The van der Waals surface area contributed by atoms with Gasteiger partial charge in [0.1, 0.15) is 0 Å². The molecule has 3 rings (SSSR count). The molecular weight excluding hydrogens is 412 g/mol. The van der Waals surface area contributed by atoms with Crippen molar-refractivity contribution in [3.8, 4) is 0 Å². The van der Waals surface area contributed by atoms with Gasteiger partial charge >= 0.3 is 20.4 Å². The van der Waals surface area contributed by atoms with Gasteiger partial charge in [-0.3, -0.25) is 0 Å². The topological polar surface area (TPSA) is 108 Å². The summed E-state index contributed by atoms with van der Waals surface area (Å²) in [5, 5.41) is 3.53. The van der Waals surface area contributed by atoms with Crippen LogP contribution in [0, 0.1) is 5.41 Å². The maximum absolute atomic E-state index is 12.5. The third-order valence-corrected chi connectivity index (χ3v) is 8.62. The number of fused-ring (bicyclic) bond motifs is 1. The quantitative estimate of drug-likeness (QED) is 0.641. The van der Waals surface area contributed by atoms with Crippen molar-refractivity contribution in [2.45, 2.75) is 26.3 Å². The molecule has 10 heteroatoms. The highest BCUT2D eigenvalue weighted by molar-refractivity contribution is 8.08. The van der Waals surface area contributed by atoms with Gasteiger partial charge in [-0.2, -0.15) is 26.3 Å². The smallest absolute Gasteiger partial charge is 0.315 e. The predicted octanol–water partition coefficient (Wildman–Crippen LogP) is 2.16. The molecule has 0 saturated heterocycles. The van der Waals surface area contributed by atoms with E-state index >= 15 is 0 Å². The Morgan fingerprint density at radius 2 is 1.59 bits per heavy atom. The van der Waals surface area contributed by atoms with E-state index in [4.69, 9.17) is 0 Å². The molecule has 29 heavy (non-hydrogen) atoms. The molecule has 1 atom stereocenters. The van der Waals surface area contributed by atoms with Gasteiger partial charge in [-0.05, 0) is 41.2 Å². The van der Waals surface area contributed by atoms with E-state index in [-0.39, 0.29) is 17.1 Å². The second-order valence-corrected chi connectivity index (χ2v) is 11.3. The van der Waals surface area contributed by atoms with Crippen molar-refractivity contribution in [3.05, 3.63) is 59.7 Å². The SMILES string of the molecule is CNS(=O)(=O)N(c1cccc(C2Nc3ccccc3CC2(C)C)c1)S(=O)(=O)NC. The molecule has 3 N–H and O–H groups in total. The average Bonchev–Trinajstić information content (AvgIpc) is 2.66. The van der Waals surface area contributed by atoms with E-state index in [1.54, 1.807) is 12.1 Å². The summed E-state index contributed by atoms with van der Waals surface area (Å²) in [7, 11) is -6.26. The molecular formula is C19H26N4O4S2. The molecule has 2 aromatic carbocycles. The largest absolute Gasteiger partial charge is 0.377 e. The number of para-hydroxylation sites is 1. The van der Waals surface area contributed by atoms with Gasteiger partial charge in [-0.25, -0.2) is 0 Å². The number of hydrogen-bond acceptors (Lipinski definition) is 5. The molecule has 0 bridgehead atoms. The second kappa shape index (κ2) is 7.60. The van der Waals surface area contributed by atoms with Crippen LogP contribution in [0.1, 0.15) is 31.0 Å². The Kier molecular flexibility index (Phi) is 5.65. The minimum Gasteiger partial charge on any atom is -0.377 e. The monoisotopic (exact) mass is 438 g/mol. The number of nitrogens with zero attached hydrogens (tertiary/aromatic N) is 1. The summed E-state index contributed by atoms with van der Waals surface area (Å²) in [5.41, 5.74) is 2.88. The highest BCUT2D eigenvalue weighted by Crippen LogP contribution is 2.45. The van der Waals surface area contributed by atoms with Gasteiger partial charge in [-0.15, -0.1) is 3.71 Å². The lowest BCUT2D eigenvalue weighted by molar-refractivity contribution is 0.295. The van der Waals surface area contributed by atoms with E-state index in [9.17, 15) is 16.8 Å². The average molecular weight is 439 g/mol. The molecule has 0 aliphatic carbocycles. The Bertz CT molecular complexity index is 1080. The van der Waals surface area contributed by atoms with Crippen molar-refractivity contribution in [3.63, 3.8) is 0 Å². The molecule has 1 aliphatic heterocycles. The van der Waals surface area contributed by atoms with Gasteiger partial charge in [0.15, 0.2) is 0 Å². The molecule has 0 saturated carbocycles. The van der Waals surface area contributed by atoms with E-state index in [1.807, 2.05) is 24.3 Å². The fourth-order valence-corrected chi connectivity index (χ4v) is 6.28. The minimum absolute atomic E-state index is 0.0302. The standard InChI is InChI=1S/C19H26N4O4S2/c1-19(2)13-15-8-5-6-11-17(15)22-18(19)14-9-7-10-16(12-14)23(28(24,25)20-3)29(26,27)21-4/h5-12,18,20-22H,13H2,1-4H3. The summed E-state index contributed by atoms with van der Waals surface area (Å²) in [6.07, 6.45) is 0.832. The lowest BCUT2D eigenvalue weighted by Crippen LogP contribution is -2.47. The van der Waals surface area contributed by atoms with Crippen molar-refractivity contribution >= 4 is 31.8 Å². The highest BCUT2D eigenvalue weighted by atomic mass is 32.3. The highest BCUT2D eigenvalue weighted by Gasteiger charge is 2.37. The van der Waals surface area contributed by atoms with E-state index in [0.717, 1.165) is 17.7 Å². The molecule has 0 aromatic heterocycles. The summed E-state index contributed by atoms with van der Waals surface area (Å²) < 4.78 is 54.4. The molecule has 1 heterocycles. The number of hydrogen-bond donors (Lipinski definition) is 3. The lowest BCUT2D eigenvalue weighted by Gasteiger charge is -2.41. The first-order chi connectivity index (χ1) is 13.5. The molecule has 1 unspecified atom stereocenters. The first-order valence-corrected chi connectivity index (χ1v) is 12.0. The zero-order valence-electron chi connectivity index (χ0n) is 16.8. The van der Waals surface area contributed by atoms with Crippen molar-refractivity contribution in [2.24, 2.45) is 5.41 Å². The Labute approximate surface area is 172 Å². The van der Waals surface area contributed by atoms with Crippen molar-refractivity contribution in [2.75, 3.05) is 23.1 Å². The molecule has 0 spiro atoms. The number of anilines is 2. The van der Waals surface area contributed by atoms with Crippen LogP contribution in [0.2, 0.25) is 0 Å². The van der Waals surface area contributed by atoms with Gasteiger partial charge in [0.05, 0.1) is 11.7 Å². The van der Waals surface area contributed by atoms with Crippen molar-refractivity contribution in [1.82, 2.24) is 9.44 Å². The van der Waals surface area contributed by atoms with E-state index in [0.29, 0.717) is 3.71 Å². The third kappa shape index (κ3) is 4.11. The van der Waals surface area contributed by atoms with Crippen LogP contribution in [0.4, 0.5) is 11.4 Å². The van der Waals surface area contributed by atoms with Gasteiger partial charge in [-0.1, -0.05) is 44.2 Å². The van der Waals surface area contributed by atoms with Gasteiger partial charge in [0.25, 0.3) is 0 Å². The lowest BCUT2D eigenvalue weighted by atomic mass is 9.73. The summed E-state index contributed by atoms with van der Waals surface area (Å²) in [5.74, 6) is 0. The van der Waals surface area contributed by atoms with Crippen LogP contribution in [0.3, 0.4) is 0 Å². The Balaban J connectivity index is 2.09. The van der Waals surface area contributed by atoms with Crippen LogP contribution in [0.5, 0.6) is 0 Å². The first-order valence-electron chi connectivity index (χ1n) is 9.14. The van der Waals surface area contributed by atoms with Crippen molar-refractivity contribution < 1.29 is 16.8 Å². The number of nitrogens with one attached hydrogen (secondary N) is 3. The van der Waals surface area contributed by atoms with E-state index in [1.165, 1.54) is 25.7 Å². The predicted molar refractivity (Wildman–Crippen MR) is 115 cm³/mol. The van der Waals surface area contributed by atoms with E-state index < -0.39 is 20.4 Å². The molecule has 0 radical (unpaired) electrons. The van der Waals surface area contributed by atoms with Crippen LogP contribution >= 0.6 is 0 Å². The normalized spacial score (nSPS) is 18.6. The molecule has 8 nitrogen and oxygen atoms in total. The fourth-order valence-electron chi connectivity index (χ4n) is 3.68. The zero-order chi connectivity index (χ0) is 21.4. The second-order valence-electron chi connectivity index (χ2n) is 7.61. The number of benzene rings is 2. The van der Waals surface area contributed by atoms with Gasteiger partial charge in [0, 0.05) is 19.8 Å². The van der Waals surface area contributed by atoms with Crippen LogP contribution in [-0.2, 0) is 26.8 Å². The maximum Gasteiger partial charge on any atom is 0.315 e. The van der Waals surface area contributed by atoms with Crippen LogP contribution in [-0.4, -0.2) is 30.9 Å². The number of rotatable bonds is 6. The molecule has 0 fully saturated rings. The van der Waals surface area contributed by atoms with Crippen LogP contribution < -0.4 is 18.5 Å². The van der Waals surface area contributed by atoms with Crippen molar-refractivity contribution in [1.29, 1.82) is 0 Å². The van der Waals surface area contributed by atoms with Gasteiger partial charge < -0.3 is 5.32 Å². The summed E-state index contributed by atoms with van der Waals surface area (Å²) in [4.78, 5) is 0. The Morgan fingerprint density at radius 3 is 2.21 bits per heavy atom. The summed E-state index contributed by atoms with van der Waals surface area (Å²) >= 11 is 0. The summed E-state index contributed by atoms with van der Waals surface area (Å²) in [6.45, 7) is 4.25. The Morgan fingerprint density at radius 1 is 0.966 bits per heavy atom. The molecule has 2 aromatic rings. The third-order valence-electron chi connectivity index (χ3n) is 5.11. The van der Waals surface area contributed by atoms with E-state index in [2.05, 4.69) is 34.7 Å². The maximum atomic E-state index is 12.5. The minimum atomic E-state index is -4.30. The fraction of sp³-hybridized carbons (Fsp3) is 0.368. The van der Waals surface area contributed by atoms with Gasteiger partial charge in [0.2, 0.25) is 0 Å². The van der Waals surface area contributed by atoms with Crippen LogP contribution in [0.25, 0.3) is 0 Å². The Hall–Kier alpha value is -2.14. The molecule has 1 aliphatic rings. The first kappa shape index (κ1) is 21.6. The zero-order valence-corrected chi connectivity index (χ0v) is 18.4. The molecule has 158 valence electrons. The summed E-state index contributed by atoms with van der Waals surface area (Å²) in [6, 6.07) is 14.5. The van der Waals surface area contributed by atoms with Crippen LogP contribution in [0.15, 0.2) is 48.5 Å². The molecule has 0 amide bonds.